The van der Waals surface area contributed by atoms with Gasteiger partial charge in [-0.2, -0.15) is 0 Å². The number of halogens is 2. The largest absolute Gasteiger partial charge is 0.311 e. The Morgan fingerprint density at radius 3 is 2.68 bits per heavy atom. The van der Waals surface area contributed by atoms with Crippen molar-refractivity contribution < 1.29 is 4.79 Å². The number of alkyl halides is 1. The molecule has 0 spiro atoms. The molecular formula is C15H19BrClNO. The van der Waals surface area contributed by atoms with Gasteiger partial charge in [-0.3, -0.25) is 4.79 Å². The van der Waals surface area contributed by atoms with E-state index in [1.807, 2.05) is 23.1 Å². The normalized spacial score (nSPS) is 16.7. The molecule has 0 aromatic heterocycles. The number of hydrogen-bond acceptors (Lipinski definition) is 1. The Bertz CT molecular complexity index is 495. The van der Waals surface area contributed by atoms with Crippen molar-refractivity contribution in [2.75, 3.05) is 16.8 Å². The summed E-state index contributed by atoms with van der Waals surface area (Å²) in [6.45, 7) is 7.36. The number of rotatable bonds is 3. The number of amides is 1. The lowest BCUT2D eigenvalue weighted by molar-refractivity contribution is -0.117. The second-order valence-electron chi connectivity index (χ2n) is 6.17. The summed E-state index contributed by atoms with van der Waals surface area (Å²) in [4.78, 5) is 14.1. The molecule has 0 bridgehead atoms. The van der Waals surface area contributed by atoms with Crippen LogP contribution in [0.5, 0.6) is 0 Å². The molecule has 104 valence electrons. The summed E-state index contributed by atoms with van der Waals surface area (Å²) in [6, 6.07) is 5.70. The molecule has 1 aliphatic rings. The van der Waals surface area contributed by atoms with Crippen LogP contribution >= 0.6 is 27.5 Å². The first-order chi connectivity index (χ1) is 8.82. The van der Waals surface area contributed by atoms with Crippen LogP contribution in [0.3, 0.4) is 0 Å². The number of anilines is 1. The van der Waals surface area contributed by atoms with Gasteiger partial charge < -0.3 is 4.90 Å². The molecule has 2 nitrogen and oxygen atoms in total. The van der Waals surface area contributed by atoms with Crippen LogP contribution in [0.4, 0.5) is 5.69 Å². The molecule has 1 aromatic carbocycles. The Hall–Kier alpha value is -0.540. The molecule has 0 saturated carbocycles. The first-order valence-corrected chi connectivity index (χ1v) is 7.97. The van der Waals surface area contributed by atoms with E-state index in [0.29, 0.717) is 17.4 Å². The van der Waals surface area contributed by atoms with Crippen LogP contribution in [0.25, 0.3) is 0 Å². The summed E-state index contributed by atoms with van der Waals surface area (Å²) in [5, 5.41) is 1.57. The molecule has 1 aromatic rings. The standard InChI is InChI=1S/C15H19BrClNO/c1-15(2,3)11(8-16)9-18-13-7-12(17)5-4-10(13)6-14(18)19/h4-5,7,11H,6,8-9H2,1-3H3. The lowest BCUT2D eigenvalue weighted by Gasteiger charge is -2.33. The van der Waals surface area contributed by atoms with Gasteiger partial charge in [0.2, 0.25) is 5.91 Å². The second-order valence-corrected chi connectivity index (χ2v) is 7.26. The van der Waals surface area contributed by atoms with Crippen molar-refractivity contribution >= 4 is 39.1 Å². The van der Waals surface area contributed by atoms with Crippen molar-refractivity contribution in [3.8, 4) is 0 Å². The Morgan fingerprint density at radius 2 is 2.11 bits per heavy atom. The van der Waals surface area contributed by atoms with E-state index in [0.717, 1.165) is 23.1 Å². The molecular weight excluding hydrogens is 326 g/mol. The van der Waals surface area contributed by atoms with Gasteiger partial charge in [-0.05, 0) is 29.0 Å². The fraction of sp³-hybridized carbons (Fsp3) is 0.533. The van der Waals surface area contributed by atoms with E-state index in [1.165, 1.54) is 0 Å². The number of nitrogens with zero attached hydrogens (tertiary/aromatic N) is 1. The van der Waals surface area contributed by atoms with Gasteiger partial charge in [0, 0.05) is 22.6 Å². The third-order valence-corrected chi connectivity index (χ3v) is 4.81. The Morgan fingerprint density at radius 1 is 1.42 bits per heavy atom. The van der Waals surface area contributed by atoms with Crippen molar-refractivity contribution in [3.63, 3.8) is 0 Å². The van der Waals surface area contributed by atoms with Gasteiger partial charge in [-0.15, -0.1) is 0 Å². The molecule has 1 atom stereocenters. The predicted molar refractivity (Wildman–Crippen MR) is 84.2 cm³/mol. The van der Waals surface area contributed by atoms with Gasteiger partial charge in [0.25, 0.3) is 0 Å². The number of carbonyl (C=O) groups is 1. The highest BCUT2D eigenvalue weighted by Crippen LogP contribution is 2.35. The lowest BCUT2D eigenvalue weighted by Crippen LogP contribution is -2.38. The van der Waals surface area contributed by atoms with Crippen molar-refractivity contribution in [3.05, 3.63) is 28.8 Å². The zero-order valence-corrected chi connectivity index (χ0v) is 13.9. The summed E-state index contributed by atoms with van der Waals surface area (Å²) in [7, 11) is 0. The topological polar surface area (TPSA) is 20.3 Å². The van der Waals surface area contributed by atoms with Crippen molar-refractivity contribution in [2.45, 2.75) is 27.2 Å². The zero-order chi connectivity index (χ0) is 14.2. The predicted octanol–water partition coefficient (Wildman–Crippen LogP) is 4.29. The van der Waals surface area contributed by atoms with Gasteiger partial charge in [-0.1, -0.05) is 54.4 Å². The first-order valence-electron chi connectivity index (χ1n) is 6.47. The number of carbonyl (C=O) groups excluding carboxylic acids is 1. The van der Waals surface area contributed by atoms with E-state index < -0.39 is 0 Å². The monoisotopic (exact) mass is 343 g/mol. The molecule has 0 radical (unpaired) electrons. The van der Waals surface area contributed by atoms with Crippen LogP contribution in [0.1, 0.15) is 26.3 Å². The van der Waals surface area contributed by atoms with Crippen LogP contribution in [-0.4, -0.2) is 17.8 Å². The third kappa shape index (κ3) is 3.14. The van der Waals surface area contributed by atoms with Crippen LogP contribution in [0, 0.1) is 11.3 Å². The molecule has 0 N–H and O–H groups in total. The zero-order valence-electron chi connectivity index (χ0n) is 11.5. The average Bonchev–Trinajstić information content (AvgIpc) is 2.60. The van der Waals surface area contributed by atoms with Gasteiger partial charge >= 0.3 is 0 Å². The Balaban J connectivity index is 2.27. The maximum atomic E-state index is 12.2. The molecule has 0 fully saturated rings. The Kier molecular flexibility index (Phi) is 4.26. The van der Waals surface area contributed by atoms with Crippen LogP contribution in [0.2, 0.25) is 5.02 Å². The molecule has 0 aliphatic carbocycles. The minimum atomic E-state index is 0.158. The number of hydrogen-bond donors (Lipinski definition) is 0. The fourth-order valence-electron chi connectivity index (χ4n) is 2.31. The number of benzene rings is 1. The first kappa shape index (κ1) is 14.9. The highest BCUT2D eigenvalue weighted by Gasteiger charge is 2.32. The molecule has 19 heavy (non-hydrogen) atoms. The summed E-state index contributed by atoms with van der Waals surface area (Å²) >= 11 is 9.62. The van der Waals surface area contributed by atoms with Crippen LogP contribution in [0.15, 0.2) is 18.2 Å². The average molecular weight is 345 g/mol. The van der Waals surface area contributed by atoms with Gasteiger partial charge in [0.15, 0.2) is 0 Å². The summed E-state index contributed by atoms with van der Waals surface area (Å²) in [5.41, 5.74) is 2.22. The molecule has 1 unspecified atom stereocenters. The minimum absolute atomic E-state index is 0.158. The van der Waals surface area contributed by atoms with Crippen LogP contribution < -0.4 is 4.90 Å². The SMILES string of the molecule is CC(C)(C)C(CBr)CN1C(=O)Cc2ccc(Cl)cc21. The molecule has 1 amide bonds. The molecule has 4 heteroatoms. The van der Waals surface area contributed by atoms with E-state index in [1.54, 1.807) is 0 Å². The molecule has 0 saturated heterocycles. The number of fused-ring (bicyclic) bond motifs is 1. The van der Waals surface area contributed by atoms with Crippen molar-refractivity contribution in [1.82, 2.24) is 0 Å². The van der Waals surface area contributed by atoms with Crippen LogP contribution in [-0.2, 0) is 11.2 Å². The highest BCUT2D eigenvalue weighted by molar-refractivity contribution is 9.09. The maximum absolute atomic E-state index is 12.2. The summed E-state index contributed by atoms with van der Waals surface area (Å²) in [6.07, 6.45) is 0.492. The smallest absolute Gasteiger partial charge is 0.231 e. The van der Waals surface area contributed by atoms with Gasteiger partial charge in [0.05, 0.1) is 6.42 Å². The van der Waals surface area contributed by atoms with Crippen molar-refractivity contribution in [1.29, 1.82) is 0 Å². The van der Waals surface area contributed by atoms with Gasteiger partial charge in [-0.25, -0.2) is 0 Å². The molecule has 1 aliphatic heterocycles. The summed E-state index contributed by atoms with van der Waals surface area (Å²) in [5.74, 6) is 0.578. The van der Waals surface area contributed by atoms with Gasteiger partial charge in [0.1, 0.15) is 0 Å². The van der Waals surface area contributed by atoms with Crippen molar-refractivity contribution in [2.24, 2.45) is 11.3 Å². The fourth-order valence-corrected chi connectivity index (χ4v) is 3.65. The Labute approximate surface area is 128 Å². The third-order valence-electron chi connectivity index (χ3n) is 3.79. The van der Waals surface area contributed by atoms with E-state index in [2.05, 4.69) is 36.7 Å². The minimum Gasteiger partial charge on any atom is -0.311 e. The molecule has 1 heterocycles. The van der Waals surface area contributed by atoms with E-state index in [-0.39, 0.29) is 11.3 Å². The highest BCUT2D eigenvalue weighted by atomic mass is 79.9. The quantitative estimate of drug-likeness (QED) is 0.749. The van der Waals surface area contributed by atoms with E-state index in [9.17, 15) is 4.79 Å². The van der Waals surface area contributed by atoms with E-state index >= 15 is 0 Å². The maximum Gasteiger partial charge on any atom is 0.231 e. The lowest BCUT2D eigenvalue weighted by atomic mass is 9.82. The second kappa shape index (κ2) is 5.45. The summed E-state index contributed by atoms with van der Waals surface area (Å²) < 4.78 is 0. The van der Waals surface area contributed by atoms with E-state index in [4.69, 9.17) is 11.6 Å². The molecule has 2 rings (SSSR count).